The fraction of sp³-hybridized carbons (Fsp3) is 0.240. The summed E-state index contributed by atoms with van der Waals surface area (Å²) < 4.78 is 6.16. The van der Waals surface area contributed by atoms with E-state index in [-0.39, 0.29) is 12.5 Å². The maximum absolute atomic E-state index is 11.0. The number of fused-ring (bicyclic) bond motifs is 1. The van der Waals surface area contributed by atoms with Crippen molar-refractivity contribution in [3.05, 3.63) is 76.8 Å². The quantitative estimate of drug-likeness (QED) is 0.340. The molecule has 178 valence electrons. The number of amides is 1. The number of ether oxygens (including phenoxy) is 1. The highest BCUT2D eigenvalue weighted by Gasteiger charge is 2.16. The molecule has 1 aromatic carbocycles. The fourth-order valence-electron chi connectivity index (χ4n) is 3.39. The van der Waals surface area contributed by atoms with Crippen LogP contribution in [0.15, 0.2) is 55.5 Å². The van der Waals surface area contributed by atoms with E-state index in [4.69, 9.17) is 32.9 Å². The molecule has 0 radical (unpaired) electrons. The van der Waals surface area contributed by atoms with Crippen molar-refractivity contribution in [1.82, 2.24) is 15.3 Å². The number of halogens is 2. The molecule has 0 unspecified atom stereocenters. The molecule has 2 heterocycles. The number of para-hydroxylation sites is 1. The molecule has 0 saturated heterocycles. The third-order valence-electron chi connectivity index (χ3n) is 4.92. The summed E-state index contributed by atoms with van der Waals surface area (Å²) in [5, 5.41) is 7.50. The molecule has 9 heteroatoms. The number of aryl methyl sites for hydroxylation is 1. The highest BCUT2D eigenvalue weighted by molar-refractivity contribution is 6.37. The van der Waals surface area contributed by atoms with Gasteiger partial charge in [0, 0.05) is 55.3 Å². The minimum absolute atomic E-state index is 0.102. The van der Waals surface area contributed by atoms with Gasteiger partial charge in [-0.2, -0.15) is 0 Å². The molecule has 3 rings (SSSR count). The Morgan fingerprint density at radius 2 is 2.09 bits per heavy atom. The molecule has 0 spiro atoms. The van der Waals surface area contributed by atoms with E-state index in [9.17, 15) is 4.79 Å². The first-order valence-corrected chi connectivity index (χ1v) is 11.5. The first-order valence-electron chi connectivity index (χ1n) is 10.7. The second kappa shape index (κ2) is 11.7. The smallest absolute Gasteiger partial charge is 0.216 e. The standard InChI is InChI=1S/C25H27Cl2N5O2/c1-5-12-32(6-2)21-13-16(3)31-24-18(21)8-7-9-22(24)34-15-19-20(26)14-30-25(23(19)27)29-11-10-28-17(4)33/h5-9,12-14H,2,10-11,15H2,1,3-4H3,(H,28,33)(H,29,30)/b12-5-. The van der Waals surface area contributed by atoms with Gasteiger partial charge in [0.2, 0.25) is 5.91 Å². The van der Waals surface area contributed by atoms with Gasteiger partial charge in [-0.3, -0.25) is 4.79 Å². The molecule has 7 nitrogen and oxygen atoms in total. The van der Waals surface area contributed by atoms with Crippen molar-refractivity contribution in [2.24, 2.45) is 0 Å². The van der Waals surface area contributed by atoms with Crippen molar-refractivity contribution in [2.75, 3.05) is 23.3 Å². The van der Waals surface area contributed by atoms with Gasteiger partial charge in [0.05, 0.1) is 15.7 Å². The summed E-state index contributed by atoms with van der Waals surface area (Å²) in [6.45, 7) is 10.3. The van der Waals surface area contributed by atoms with Crippen LogP contribution in [0.4, 0.5) is 11.5 Å². The number of carbonyl (C=O) groups is 1. The average Bonchev–Trinajstić information content (AvgIpc) is 2.81. The highest BCUT2D eigenvalue weighted by atomic mass is 35.5. The van der Waals surface area contributed by atoms with Crippen LogP contribution in [0.1, 0.15) is 25.1 Å². The molecule has 0 aliphatic heterocycles. The fourth-order valence-corrected chi connectivity index (χ4v) is 3.91. The number of nitrogens with one attached hydrogen (secondary N) is 2. The van der Waals surface area contributed by atoms with Gasteiger partial charge in [0.25, 0.3) is 0 Å². The normalized spacial score (nSPS) is 11.0. The molecule has 0 saturated carbocycles. The Morgan fingerprint density at radius 3 is 2.79 bits per heavy atom. The van der Waals surface area contributed by atoms with Gasteiger partial charge < -0.3 is 20.3 Å². The lowest BCUT2D eigenvalue weighted by molar-refractivity contribution is -0.118. The van der Waals surface area contributed by atoms with E-state index in [2.05, 4.69) is 22.2 Å². The van der Waals surface area contributed by atoms with Crippen LogP contribution < -0.4 is 20.3 Å². The van der Waals surface area contributed by atoms with Gasteiger partial charge in [-0.15, -0.1) is 0 Å². The van der Waals surface area contributed by atoms with Crippen LogP contribution in [0, 0.1) is 6.92 Å². The summed E-state index contributed by atoms with van der Waals surface area (Å²) >= 11 is 12.9. The van der Waals surface area contributed by atoms with Crippen LogP contribution in [0.5, 0.6) is 5.75 Å². The molecule has 0 aliphatic rings. The summed E-state index contributed by atoms with van der Waals surface area (Å²) in [5.74, 6) is 0.975. The second-order valence-electron chi connectivity index (χ2n) is 7.45. The lowest BCUT2D eigenvalue weighted by Crippen LogP contribution is -2.26. The van der Waals surface area contributed by atoms with Crippen LogP contribution in [0.2, 0.25) is 10.0 Å². The number of hydrogen-bond acceptors (Lipinski definition) is 6. The van der Waals surface area contributed by atoms with Gasteiger partial charge in [0.1, 0.15) is 23.7 Å². The van der Waals surface area contributed by atoms with Crippen LogP contribution in [-0.4, -0.2) is 29.0 Å². The summed E-state index contributed by atoms with van der Waals surface area (Å²) in [6.07, 6.45) is 7.15. The van der Waals surface area contributed by atoms with E-state index >= 15 is 0 Å². The Balaban J connectivity index is 1.88. The van der Waals surface area contributed by atoms with Crippen LogP contribution >= 0.6 is 23.2 Å². The first-order chi connectivity index (χ1) is 16.3. The summed E-state index contributed by atoms with van der Waals surface area (Å²) in [6, 6.07) is 7.78. The van der Waals surface area contributed by atoms with Crippen molar-refractivity contribution in [3.63, 3.8) is 0 Å². The number of rotatable bonds is 10. The molecule has 0 atom stereocenters. The molecule has 3 aromatic rings. The van der Waals surface area contributed by atoms with Crippen molar-refractivity contribution >= 4 is 51.5 Å². The Labute approximate surface area is 209 Å². The lowest BCUT2D eigenvalue weighted by Gasteiger charge is -2.19. The predicted octanol–water partition coefficient (Wildman–Crippen LogP) is 5.86. The van der Waals surface area contributed by atoms with E-state index in [0.717, 1.165) is 22.3 Å². The third kappa shape index (κ3) is 5.98. The molecule has 0 aliphatic carbocycles. The van der Waals surface area contributed by atoms with Crippen molar-refractivity contribution in [1.29, 1.82) is 0 Å². The molecule has 2 aromatic heterocycles. The third-order valence-corrected chi connectivity index (χ3v) is 5.66. The second-order valence-corrected chi connectivity index (χ2v) is 8.24. The minimum atomic E-state index is -0.102. The minimum Gasteiger partial charge on any atom is -0.487 e. The molecule has 34 heavy (non-hydrogen) atoms. The van der Waals surface area contributed by atoms with E-state index in [0.29, 0.717) is 40.3 Å². The van der Waals surface area contributed by atoms with Gasteiger partial charge in [0.15, 0.2) is 0 Å². The number of pyridine rings is 2. The summed E-state index contributed by atoms with van der Waals surface area (Å²) in [4.78, 5) is 21.9. The highest BCUT2D eigenvalue weighted by Crippen LogP contribution is 2.35. The number of aromatic nitrogens is 2. The number of allylic oxidation sites excluding steroid dienone is 1. The maximum Gasteiger partial charge on any atom is 0.216 e. The van der Waals surface area contributed by atoms with Crippen molar-refractivity contribution in [3.8, 4) is 5.75 Å². The SMILES string of the molecule is C=CN(/C=C\C)c1cc(C)nc2c(OCc3c(Cl)cnc(NCCNC(C)=O)c3Cl)cccc12. The Hall–Kier alpha value is -3.29. The number of benzene rings is 1. The van der Waals surface area contributed by atoms with E-state index in [1.807, 2.05) is 55.3 Å². The van der Waals surface area contributed by atoms with Gasteiger partial charge in [-0.25, -0.2) is 9.97 Å². The van der Waals surface area contributed by atoms with Crippen LogP contribution in [-0.2, 0) is 11.4 Å². The van der Waals surface area contributed by atoms with E-state index in [1.165, 1.54) is 13.1 Å². The van der Waals surface area contributed by atoms with Crippen molar-refractivity contribution in [2.45, 2.75) is 27.4 Å². The average molecular weight is 500 g/mol. The maximum atomic E-state index is 11.0. The zero-order valence-corrected chi connectivity index (χ0v) is 20.9. The summed E-state index contributed by atoms with van der Waals surface area (Å²) in [7, 11) is 0. The molecule has 0 bridgehead atoms. The Morgan fingerprint density at radius 1 is 1.29 bits per heavy atom. The van der Waals surface area contributed by atoms with E-state index < -0.39 is 0 Å². The summed E-state index contributed by atoms with van der Waals surface area (Å²) in [5.41, 5.74) is 3.13. The Bertz CT molecular complexity index is 1230. The largest absolute Gasteiger partial charge is 0.487 e. The molecule has 2 N–H and O–H groups in total. The van der Waals surface area contributed by atoms with Gasteiger partial charge in [-0.1, -0.05) is 48.0 Å². The first kappa shape index (κ1) is 25.3. The number of hydrogen-bond donors (Lipinski definition) is 2. The topological polar surface area (TPSA) is 79.4 Å². The van der Waals surface area contributed by atoms with Crippen LogP contribution in [0.3, 0.4) is 0 Å². The van der Waals surface area contributed by atoms with E-state index in [1.54, 1.807) is 6.20 Å². The van der Waals surface area contributed by atoms with Crippen LogP contribution in [0.25, 0.3) is 10.9 Å². The zero-order valence-electron chi connectivity index (χ0n) is 19.4. The number of carbonyl (C=O) groups excluding carboxylic acids is 1. The zero-order chi connectivity index (χ0) is 24.7. The molecule has 0 fully saturated rings. The number of nitrogens with zero attached hydrogens (tertiary/aromatic N) is 3. The van der Waals surface area contributed by atoms with Gasteiger partial charge >= 0.3 is 0 Å². The van der Waals surface area contributed by atoms with Gasteiger partial charge in [-0.05, 0) is 26.0 Å². The van der Waals surface area contributed by atoms with Crippen molar-refractivity contribution < 1.29 is 9.53 Å². The monoisotopic (exact) mass is 499 g/mol. The molecule has 1 amide bonds. The molecular weight excluding hydrogens is 473 g/mol. The number of anilines is 2. The lowest BCUT2D eigenvalue weighted by atomic mass is 10.1. The molecular formula is C25H27Cl2N5O2. The Kier molecular flexibility index (Phi) is 8.73. The predicted molar refractivity (Wildman–Crippen MR) is 140 cm³/mol.